The number of rotatable bonds is 20. The van der Waals surface area contributed by atoms with E-state index in [-0.39, 0.29) is 55.8 Å². The maximum atomic E-state index is 13.6. The van der Waals surface area contributed by atoms with Gasteiger partial charge in [-0.15, -0.1) is 0 Å². The van der Waals surface area contributed by atoms with Gasteiger partial charge < -0.3 is 42.5 Å². The van der Waals surface area contributed by atoms with Crippen molar-refractivity contribution in [2.45, 2.75) is 117 Å². The Hall–Kier alpha value is -4.79. The van der Waals surface area contributed by atoms with E-state index >= 15 is 0 Å². The summed E-state index contributed by atoms with van der Waals surface area (Å²) in [6.45, 7) is 12.7. The number of nitrogens with two attached hydrogens (primary N) is 1. The molecule has 1 aromatic carbocycles. The zero-order valence-electron chi connectivity index (χ0n) is 30.7. The number of carbonyl (C=O) groups is 5. The molecule has 1 aromatic heterocycles. The molecule has 2 aromatic rings. The summed E-state index contributed by atoms with van der Waals surface area (Å²) in [5.74, 6) is -1.86. The minimum Gasteiger partial charge on any atom is -0.465 e. The van der Waals surface area contributed by atoms with Gasteiger partial charge in [0, 0.05) is 24.7 Å². The second kappa shape index (κ2) is 20.8. The van der Waals surface area contributed by atoms with Gasteiger partial charge in [-0.3, -0.25) is 19.2 Å². The monoisotopic (exact) mass is 712 g/mol. The van der Waals surface area contributed by atoms with Crippen molar-refractivity contribution in [3.63, 3.8) is 0 Å². The summed E-state index contributed by atoms with van der Waals surface area (Å²) in [4.78, 5) is 72.7. The van der Waals surface area contributed by atoms with Crippen molar-refractivity contribution in [2.75, 3.05) is 5.73 Å². The highest BCUT2D eigenvalue weighted by Gasteiger charge is 2.32. The number of nitrogens with one attached hydrogen (secondary N) is 5. The van der Waals surface area contributed by atoms with E-state index in [2.05, 4.69) is 36.6 Å². The van der Waals surface area contributed by atoms with Crippen LogP contribution in [0.5, 0.6) is 0 Å². The Balaban J connectivity index is 2.15. The summed E-state index contributed by atoms with van der Waals surface area (Å²) in [5, 5.41) is 34.0. The number of aliphatic hydroxyl groups excluding tert-OH is 1. The first kappa shape index (κ1) is 42.4. The number of hydrogen-bond acceptors (Lipinski definition) is 9. The number of aromatic nitrogens is 2. The number of carbonyl (C=O) groups excluding carboxylic acids is 4. The van der Waals surface area contributed by atoms with Crippen LogP contribution in [0.3, 0.4) is 0 Å². The largest absolute Gasteiger partial charge is 0.465 e. The lowest BCUT2D eigenvalue weighted by atomic mass is 9.95. The first-order valence-corrected chi connectivity index (χ1v) is 17.5. The molecule has 0 saturated carbocycles. The summed E-state index contributed by atoms with van der Waals surface area (Å²) in [6.07, 6.45) is -0.0806. The third-order valence-corrected chi connectivity index (χ3v) is 8.61. The summed E-state index contributed by atoms with van der Waals surface area (Å²) >= 11 is 0. The molecular weight excluding hydrogens is 656 g/mol. The Morgan fingerprint density at radius 3 is 2.12 bits per heavy atom. The number of nitrogen functional groups attached to an aromatic ring is 1. The highest BCUT2D eigenvalue weighted by atomic mass is 16.4. The van der Waals surface area contributed by atoms with Crippen LogP contribution in [-0.2, 0) is 32.1 Å². The van der Waals surface area contributed by atoms with Crippen molar-refractivity contribution >= 4 is 35.5 Å². The minimum atomic E-state index is -1.35. The van der Waals surface area contributed by atoms with Gasteiger partial charge >= 0.3 is 6.09 Å². The van der Waals surface area contributed by atoms with E-state index in [0.29, 0.717) is 17.8 Å². The molecule has 0 saturated heterocycles. The highest BCUT2D eigenvalue weighted by Crippen LogP contribution is 2.15. The van der Waals surface area contributed by atoms with Crippen LogP contribution in [0.2, 0.25) is 0 Å². The molecule has 6 atom stereocenters. The van der Waals surface area contributed by atoms with E-state index in [0.717, 1.165) is 5.56 Å². The standard InChI is InChI=1S/C36H56N8O7/c1-8-22(6)31(34(48)39-19-25-18-38-23(7)40-32(25)37)43-29(46)15-14-28(45)26(17-24-12-10-9-11-13-24)41-35(49)30(21(4)5)44-33(47)27(16-20(2)3)42-36(50)51/h9-13,18,20-22,26-28,30-31,42,45H,8,14-17,19H2,1-7H3,(H,39,48)(H,41,49)(H,43,46)(H,44,47)(H,50,51)(H2,37,38,40)/t22-,26-,27-,28-,30-,31-/m0/s1. The lowest BCUT2D eigenvalue weighted by Gasteiger charge is -2.30. The maximum Gasteiger partial charge on any atom is 0.405 e. The van der Waals surface area contributed by atoms with Crippen molar-refractivity contribution in [3.05, 3.63) is 53.5 Å². The normalized spacial score (nSPS) is 14.8. The smallest absolute Gasteiger partial charge is 0.405 e. The number of hydrogen-bond donors (Lipinski definition) is 8. The van der Waals surface area contributed by atoms with Crippen molar-refractivity contribution in [1.82, 2.24) is 36.6 Å². The molecule has 0 spiro atoms. The molecule has 0 aliphatic rings. The number of aryl methyl sites for hydroxylation is 1. The van der Waals surface area contributed by atoms with Gasteiger partial charge in [0.25, 0.3) is 0 Å². The first-order chi connectivity index (χ1) is 24.0. The summed E-state index contributed by atoms with van der Waals surface area (Å²) in [6, 6.07) is 5.41. The van der Waals surface area contributed by atoms with Crippen molar-refractivity contribution in [2.24, 2.45) is 17.8 Å². The molecular formula is C36H56N8O7. The summed E-state index contributed by atoms with van der Waals surface area (Å²) in [5.41, 5.74) is 7.33. The van der Waals surface area contributed by atoms with Crippen LogP contribution in [0.15, 0.2) is 36.5 Å². The lowest BCUT2D eigenvalue weighted by Crippen LogP contribution is -2.58. The molecule has 15 heteroatoms. The van der Waals surface area contributed by atoms with Gasteiger partial charge in [0.15, 0.2) is 0 Å². The molecule has 0 radical (unpaired) electrons. The van der Waals surface area contributed by atoms with Crippen molar-refractivity contribution in [1.29, 1.82) is 0 Å². The average molecular weight is 713 g/mol. The van der Waals surface area contributed by atoms with Crippen LogP contribution in [-0.4, -0.2) is 80.2 Å². The Labute approximate surface area is 300 Å². The van der Waals surface area contributed by atoms with E-state index in [1.165, 1.54) is 0 Å². The van der Waals surface area contributed by atoms with Gasteiger partial charge in [-0.05, 0) is 49.5 Å². The Kier molecular flexibility index (Phi) is 17.3. The van der Waals surface area contributed by atoms with Gasteiger partial charge in [-0.1, -0.05) is 78.3 Å². The lowest BCUT2D eigenvalue weighted by molar-refractivity contribution is -0.132. The van der Waals surface area contributed by atoms with Crippen LogP contribution in [0.25, 0.3) is 0 Å². The third-order valence-electron chi connectivity index (χ3n) is 8.61. The van der Waals surface area contributed by atoms with Gasteiger partial charge in [0.05, 0.1) is 12.1 Å². The molecule has 15 nitrogen and oxygen atoms in total. The van der Waals surface area contributed by atoms with Gasteiger partial charge in [-0.2, -0.15) is 0 Å². The first-order valence-electron chi connectivity index (χ1n) is 17.5. The number of nitrogens with zero attached hydrogens (tertiary/aromatic N) is 2. The van der Waals surface area contributed by atoms with Gasteiger partial charge in [-0.25, -0.2) is 14.8 Å². The molecule has 9 N–H and O–H groups in total. The second-order valence-corrected chi connectivity index (χ2v) is 13.7. The van der Waals surface area contributed by atoms with E-state index < -0.39 is 60.0 Å². The zero-order chi connectivity index (χ0) is 38.2. The Morgan fingerprint density at radius 2 is 1.55 bits per heavy atom. The van der Waals surface area contributed by atoms with Crippen molar-refractivity contribution in [3.8, 4) is 0 Å². The molecule has 0 aliphatic carbocycles. The summed E-state index contributed by atoms with van der Waals surface area (Å²) < 4.78 is 0. The predicted molar refractivity (Wildman–Crippen MR) is 193 cm³/mol. The van der Waals surface area contributed by atoms with Gasteiger partial charge in [0.1, 0.15) is 29.8 Å². The quantitative estimate of drug-likeness (QED) is 0.0996. The molecule has 5 amide bonds. The Morgan fingerprint density at radius 1 is 0.882 bits per heavy atom. The molecule has 0 unspecified atom stereocenters. The number of amides is 5. The molecule has 51 heavy (non-hydrogen) atoms. The maximum absolute atomic E-state index is 13.6. The van der Waals surface area contributed by atoms with Crippen LogP contribution in [0.1, 0.15) is 84.2 Å². The predicted octanol–water partition coefficient (Wildman–Crippen LogP) is 2.21. The molecule has 0 bridgehead atoms. The SMILES string of the molecule is CC[C@H](C)[C@H](NC(=O)CC[C@H](O)[C@H](Cc1ccccc1)NC(=O)[C@@H](NC(=O)[C@H](CC(C)C)NC(=O)O)C(C)C)C(=O)NCc1cnc(C)nc1N. The molecule has 1 heterocycles. The number of aliphatic hydroxyl groups is 1. The fraction of sp³-hybridized carbons (Fsp3) is 0.583. The summed E-state index contributed by atoms with van der Waals surface area (Å²) in [7, 11) is 0. The van der Waals surface area contributed by atoms with Crippen LogP contribution < -0.4 is 32.3 Å². The van der Waals surface area contributed by atoms with Crippen LogP contribution in [0, 0.1) is 24.7 Å². The van der Waals surface area contributed by atoms with E-state index in [4.69, 9.17) is 5.73 Å². The van der Waals surface area contributed by atoms with Crippen LogP contribution >= 0.6 is 0 Å². The molecule has 0 fully saturated rings. The zero-order valence-corrected chi connectivity index (χ0v) is 30.7. The van der Waals surface area contributed by atoms with Gasteiger partial charge in [0.2, 0.25) is 23.6 Å². The van der Waals surface area contributed by atoms with E-state index in [9.17, 15) is 34.2 Å². The van der Waals surface area contributed by atoms with Crippen LogP contribution in [0.4, 0.5) is 10.6 Å². The number of benzene rings is 1. The van der Waals surface area contributed by atoms with E-state index in [1.807, 2.05) is 58.0 Å². The fourth-order valence-electron chi connectivity index (χ4n) is 5.43. The number of anilines is 1. The minimum absolute atomic E-state index is 0.00418. The molecule has 0 aliphatic heterocycles. The van der Waals surface area contributed by atoms with E-state index in [1.54, 1.807) is 27.0 Å². The fourth-order valence-corrected chi connectivity index (χ4v) is 5.43. The molecule has 282 valence electrons. The number of carboxylic acid groups (broad SMARTS) is 1. The Bertz CT molecular complexity index is 1460. The molecule has 2 rings (SSSR count). The highest BCUT2D eigenvalue weighted by molar-refractivity contribution is 5.91. The average Bonchev–Trinajstić information content (AvgIpc) is 3.06. The van der Waals surface area contributed by atoms with Crippen molar-refractivity contribution < 1.29 is 34.2 Å². The second-order valence-electron chi connectivity index (χ2n) is 13.7. The third kappa shape index (κ3) is 14.5. The topological polar surface area (TPSA) is 238 Å².